The number of hydrogen-bond acceptors (Lipinski definition) is 2. The molecule has 126 valence electrons. The van der Waals surface area contributed by atoms with Crippen LogP contribution in [0.1, 0.15) is 5.69 Å². The first-order valence-electron chi connectivity index (χ1n) is 8.71. The molecule has 4 aromatic rings. The zero-order valence-electron chi connectivity index (χ0n) is 14.1. The Morgan fingerprint density at radius 2 is 1.54 bits per heavy atom. The van der Waals surface area contributed by atoms with Crippen molar-refractivity contribution < 1.29 is 4.74 Å². The molecule has 0 saturated carbocycles. The topological polar surface area (TPSA) is 22.1 Å². The second-order valence-corrected chi connectivity index (χ2v) is 7.35. The lowest BCUT2D eigenvalue weighted by Gasteiger charge is -2.22. The first kappa shape index (κ1) is 15.6. The standard InChI is InChI=1S/C23H16BrNO/c24-17-13-18-21(15-7-3-1-4-8-15)23(16-9-5-2-6-10-16)25-19-11-12-26-20(14-17)22(18)19/h1-10,13-14H,11-12H2. The second-order valence-electron chi connectivity index (χ2n) is 6.44. The van der Waals surface area contributed by atoms with Crippen molar-refractivity contribution in [2.45, 2.75) is 6.42 Å². The lowest BCUT2D eigenvalue weighted by Crippen LogP contribution is -2.11. The van der Waals surface area contributed by atoms with Crippen molar-refractivity contribution in [3.05, 3.63) is 83.0 Å². The highest BCUT2D eigenvalue weighted by molar-refractivity contribution is 9.10. The minimum absolute atomic E-state index is 0.671. The van der Waals surface area contributed by atoms with Gasteiger partial charge in [-0.05, 0) is 23.1 Å². The lowest BCUT2D eigenvalue weighted by atomic mass is 9.91. The second kappa shape index (κ2) is 6.26. The number of benzene rings is 3. The fraction of sp³-hybridized carbons (Fsp3) is 0.0870. The van der Waals surface area contributed by atoms with Gasteiger partial charge in [0.05, 0.1) is 18.0 Å². The number of ether oxygens (including phenoxy) is 1. The van der Waals surface area contributed by atoms with Crippen LogP contribution in [0.5, 0.6) is 5.75 Å². The Hall–Kier alpha value is -2.65. The summed E-state index contributed by atoms with van der Waals surface area (Å²) >= 11 is 3.66. The lowest BCUT2D eigenvalue weighted by molar-refractivity contribution is 0.316. The Balaban J connectivity index is 1.96. The fourth-order valence-electron chi connectivity index (χ4n) is 3.71. The maximum atomic E-state index is 5.94. The highest BCUT2D eigenvalue weighted by atomic mass is 79.9. The van der Waals surface area contributed by atoms with Crippen molar-refractivity contribution in [3.63, 3.8) is 0 Å². The van der Waals surface area contributed by atoms with E-state index >= 15 is 0 Å². The number of aromatic nitrogens is 1. The molecule has 0 bridgehead atoms. The van der Waals surface area contributed by atoms with Crippen molar-refractivity contribution >= 4 is 26.7 Å². The van der Waals surface area contributed by atoms with Gasteiger partial charge in [0.1, 0.15) is 5.75 Å². The molecule has 2 heterocycles. The average molecular weight is 402 g/mol. The van der Waals surface area contributed by atoms with Gasteiger partial charge in [0, 0.05) is 27.4 Å². The maximum Gasteiger partial charge on any atom is 0.130 e. The van der Waals surface area contributed by atoms with E-state index in [-0.39, 0.29) is 0 Å². The summed E-state index contributed by atoms with van der Waals surface area (Å²) in [5.74, 6) is 0.917. The van der Waals surface area contributed by atoms with Crippen molar-refractivity contribution in [1.29, 1.82) is 0 Å². The Morgan fingerprint density at radius 1 is 0.846 bits per heavy atom. The first-order chi connectivity index (χ1) is 12.8. The van der Waals surface area contributed by atoms with Crippen LogP contribution in [0.4, 0.5) is 0 Å². The molecular weight excluding hydrogens is 386 g/mol. The summed E-state index contributed by atoms with van der Waals surface area (Å²) in [7, 11) is 0. The first-order valence-corrected chi connectivity index (χ1v) is 9.50. The number of halogens is 1. The smallest absolute Gasteiger partial charge is 0.130 e. The van der Waals surface area contributed by atoms with Crippen LogP contribution in [-0.2, 0) is 6.42 Å². The van der Waals surface area contributed by atoms with Crippen LogP contribution < -0.4 is 4.74 Å². The van der Waals surface area contributed by atoms with E-state index in [0.29, 0.717) is 6.61 Å². The normalized spacial score (nSPS) is 12.8. The summed E-state index contributed by atoms with van der Waals surface area (Å²) < 4.78 is 6.97. The summed E-state index contributed by atoms with van der Waals surface area (Å²) in [5.41, 5.74) is 5.61. The molecule has 3 heteroatoms. The number of pyridine rings is 1. The quantitative estimate of drug-likeness (QED) is 0.395. The SMILES string of the molecule is Brc1cc2c3c(nc(-c4ccccc4)c(-c4ccccc4)c3c1)CCO2. The molecule has 0 N–H and O–H groups in total. The van der Waals surface area contributed by atoms with Crippen LogP contribution >= 0.6 is 15.9 Å². The van der Waals surface area contributed by atoms with E-state index in [0.717, 1.165) is 44.5 Å². The van der Waals surface area contributed by atoms with Crippen LogP contribution in [-0.4, -0.2) is 11.6 Å². The largest absolute Gasteiger partial charge is 0.492 e. The van der Waals surface area contributed by atoms with Crippen LogP contribution in [0.15, 0.2) is 77.3 Å². The summed E-state index contributed by atoms with van der Waals surface area (Å²) in [4.78, 5) is 5.11. The molecule has 0 spiro atoms. The third-order valence-electron chi connectivity index (χ3n) is 4.81. The summed E-state index contributed by atoms with van der Waals surface area (Å²) in [6.45, 7) is 0.671. The van der Waals surface area contributed by atoms with Crippen molar-refractivity contribution in [2.24, 2.45) is 0 Å². The van der Waals surface area contributed by atoms with E-state index in [1.165, 1.54) is 10.9 Å². The van der Waals surface area contributed by atoms with Crippen molar-refractivity contribution in [1.82, 2.24) is 4.98 Å². The van der Waals surface area contributed by atoms with Crippen molar-refractivity contribution in [3.8, 4) is 28.1 Å². The summed E-state index contributed by atoms with van der Waals surface area (Å²) in [6, 6.07) is 25.2. The molecule has 0 radical (unpaired) electrons. The molecule has 0 saturated heterocycles. The predicted molar refractivity (Wildman–Crippen MR) is 110 cm³/mol. The van der Waals surface area contributed by atoms with Gasteiger partial charge < -0.3 is 4.74 Å². The van der Waals surface area contributed by atoms with Gasteiger partial charge >= 0.3 is 0 Å². The molecule has 3 aromatic carbocycles. The van der Waals surface area contributed by atoms with Crippen LogP contribution in [0.2, 0.25) is 0 Å². The monoisotopic (exact) mass is 401 g/mol. The van der Waals surface area contributed by atoms with E-state index in [2.05, 4.69) is 70.5 Å². The van der Waals surface area contributed by atoms with E-state index in [9.17, 15) is 0 Å². The molecule has 1 aliphatic heterocycles. The van der Waals surface area contributed by atoms with Gasteiger partial charge in [0.25, 0.3) is 0 Å². The van der Waals surface area contributed by atoms with Gasteiger partial charge in [0.2, 0.25) is 0 Å². The maximum absolute atomic E-state index is 5.94. The Kier molecular flexibility index (Phi) is 3.75. The van der Waals surface area contributed by atoms with E-state index < -0.39 is 0 Å². The molecule has 0 aliphatic carbocycles. The molecule has 0 fully saturated rings. The Bertz CT molecular complexity index is 1110. The third kappa shape index (κ3) is 2.51. The van der Waals surface area contributed by atoms with Gasteiger partial charge in [-0.3, -0.25) is 4.98 Å². The van der Waals surface area contributed by atoms with E-state index in [4.69, 9.17) is 9.72 Å². The summed E-state index contributed by atoms with van der Waals surface area (Å²) in [5, 5.41) is 2.32. The highest BCUT2D eigenvalue weighted by Gasteiger charge is 2.22. The minimum atomic E-state index is 0.671. The van der Waals surface area contributed by atoms with Gasteiger partial charge in [-0.25, -0.2) is 0 Å². The molecule has 26 heavy (non-hydrogen) atoms. The zero-order valence-corrected chi connectivity index (χ0v) is 15.7. The highest BCUT2D eigenvalue weighted by Crippen LogP contribution is 2.43. The molecule has 1 aromatic heterocycles. The molecule has 1 aliphatic rings. The third-order valence-corrected chi connectivity index (χ3v) is 5.27. The minimum Gasteiger partial charge on any atom is -0.492 e. The summed E-state index contributed by atoms with van der Waals surface area (Å²) in [6.07, 6.45) is 0.833. The molecule has 0 unspecified atom stereocenters. The number of nitrogens with zero attached hydrogens (tertiary/aromatic N) is 1. The van der Waals surface area contributed by atoms with Crippen LogP contribution in [0.3, 0.4) is 0 Å². The van der Waals surface area contributed by atoms with E-state index in [1.807, 2.05) is 18.2 Å². The van der Waals surface area contributed by atoms with Gasteiger partial charge in [-0.15, -0.1) is 0 Å². The zero-order chi connectivity index (χ0) is 17.5. The van der Waals surface area contributed by atoms with Crippen LogP contribution in [0, 0.1) is 0 Å². The molecule has 5 rings (SSSR count). The van der Waals surface area contributed by atoms with Gasteiger partial charge in [-0.1, -0.05) is 76.6 Å². The van der Waals surface area contributed by atoms with Crippen molar-refractivity contribution in [2.75, 3.05) is 6.61 Å². The molecule has 2 nitrogen and oxygen atoms in total. The average Bonchev–Trinajstić information content (AvgIpc) is 2.69. The molecular formula is C23H16BrNO. The van der Waals surface area contributed by atoms with Gasteiger partial charge in [0.15, 0.2) is 0 Å². The Morgan fingerprint density at radius 3 is 2.27 bits per heavy atom. The number of hydrogen-bond donors (Lipinski definition) is 0. The molecule has 0 atom stereocenters. The molecule has 0 amide bonds. The van der Waals surface area contributed by atoms with E-state index in [1.54, 1.807) is 0 Å². The number of rotatable bonds is 2. The fourth-order valence-corrected chi connectivity index (χ4v) is 4.14. The predicted octanol–water partition coefficient (Wildman–Crippen LogP) is 6.27. The van der Waals surface area contributed by atoms with Gasteiger partial charge in [-0.2, -0.15) is 0 Å². The Labute approximate surface area is 160 Å². The van der Waals surface area contributed by atoms with Crippen LogP contribution in [0.25, 0.3) is 33.2 Å².